The fourth-order valence-corrected chi connectivity index (χ4v) is 2.22. The van der Waals surface area contributed by atoms with E-state index in [0.717, 1.165) is 11.1 Å². The number of benzene rings is 2. The Balaban J connectivity index is 1.72. The zero-order valence-electron chi connectivity index (χ0n) is 13.4. The minimum absolute atomic E-state index is 0.259. The first-order valence-electron chi connectivity index (χ1n) is 7.68. The molecule has 0 spiro atoms. The maximum Gasteiger partial charge on any atom is 0.232 e. The Labute approximate surface area is 141 Å². The van der Waals surface area contributed by atoms with Crippen molar-refractivity contribution in [3.63, 3.8) is 0 Å². The van der Waals surface area contributed by atoms with Crippen molar-refractivity contribution in [2.24, 2.45) is 0 Å². The Bertz CT molecular complexity index is 871. The number of nitrogens with zero attached hydrogens (tertiary/aromatic N) is 2. The minimum atomic E-state index is 0.259. The van der Waals surface area contributed by atoms with Gasteiger partial charge >= 0.3 is 0 Å². The van der Waals surface area contributed by atoms with E-state index >= 15 is 0 Å². The molecule has 4 heteroatoms. The molecule has 2 aromatic carbocycles. The molecule has 0 saturated heterocycles. The van der Waals surface area contributed by atoms with Crippen molar-refractivity contribution in [2.75, 3.05) is 5.32 Å². The van der Waals surface area contributed by atoms with Gasteiger partial charge < -0.3 is 9.73 Å². The highest BCUT2D eigenvalue weighted by Gasteiger charge is 2.11. The van der Waals surface area contributed by atoms with E-state index in [-0.39, 0.29) is 5.69 Å². The number of anilines is 1. The fourth-order valence-electron chi connectivity index (χ4n) is 2.22. The quantitative estimate of drug-likeness (QED) is 0.745. The van der Waals surface area contributed by atoms with Crippen molar-refractivity contribution in [3.8, 4) is 6.07 Å². The monoisotopic (exact) mass is 315 g/mol. The molecule has 1 N–H and O–H groups in total. The van der Waals surface area contributed by atoms with Crippen LogP contribution in [0.4, 0.5) is 5.88 Å². The molecule has 1 heterocycles. The van der Waals surface area contributed by atoms with Crippen molar-refractivity contribution in [2.45, 2.75) is 13.5 Å². The third-order valence-electron chi connectivity index (χ3n) is 3.54. The second kappa shape index (κ2) is 7.30. The smallest absolute Gasteiger partial charge is 0.232 e. The number of nitriles is 1. The van der Waals surface area contributed by atoms with Crippen molar-refractivity contribution in [3.05, 3.63) is 82.9 Å². The molecule has 0 amide bonds. The molecule has 3 rings (SSSR count). The molecule has 0 radical (unpaired) electrons. The van der Waals surface area contributed by atoms with Crippen LogP contribution in [-0.4, -0.2) is 4.98 Å². The third kappa shape index (κ3) is 3.90. The summed E-state index contributed by atoms with van der Waals surface area (Å²) in [5.74, 6) is 0.799. The summed E-state index contributed by atoms with van der Waals surface area (Å²) in [6.07, 6.45) is 3.66. The molecule has 118 valence electrons. The summed E-state index contributed by atoms with van der Waals surface area (Å²) in [6, 6.07) is 20.1. The van der Waals surface area contributed by atoms with Crippen LogP contribution < -0.4 is 5.32 Å². The van der Waals surface area contributed by atoms with Crippen LogP contribution >= 0.6 is 0 Å². The second-order valence-corrected chi connectivity index (χ2v) is 5.42. The minimum Gasteiger partial charge on any atom is -0.420 e. The Morgan fingerprint density at radius 1 is 1.08 bits per heavy atom. The first kappa shape index (κ1) is 15.6. The molecule has 0 bridgehead atoms. The molecule has 24 heavy (non-hydrogen) atoms. The van der Waals surface area contributed by atoms with Crippen LogP contribution in [0.3, 0.4) is 0 Å². The van der Waals surface area contributed by atoms with Gasteiger partial charge in [0.05, 0.1) is 0 Å². The number of hydrogen-bond acceptors (Lipinski definition) is 4. The number of oxazole rings is 1. The lowest BCUT2D eigenvalue weighted by Crippen LogP contribution is -1.99. The van der Waals surface area contributed by atoms with Gasteiger partial charge in [-0.15, -0.1) is 0 Å². The summed E-state index contributed by atoms with van der Waals surface area (Å²) in [7, 11) is 0. The number of aromatic nitrogens is 1. The van der Waals surface area contributed by atoms with E-state index in [1.54, 1.807) is 6.08 Å². The lowest BCUT2D eigenvalue weighted by molar-refractivity contribution is 0.557. The highest BCUT2D eigenvalue weighted by atomic mass is 16.4. The second-order valence-electron chi connectivity index (χ2n) is 5.42. The highest BCUT2D eigenvalue weighted by Crippen LogP contribution is 2.19. The van der Waals surface area contributed by atoms with Crippen LogP contribution in [0.25, 0.3) is 12.2 Å². The van der Waals surface area contributed by atoms with Crippen LogP contribution in [0, 0.1) is 18.3 Å². The van der Waals surface area contributed by atoms with Gasteiger partial charge in [0, 0.05) is 12.6 Å². The normalized spacial score (nSPS) is 10.7. The predicted molar refractivity (Wildman–Crippen MR) is 95.1 cm³/mol. The molecule has 0 saturated carbocycles. The van der Waals surface area contributed by atoms with Gasteiger partial charge in [-0.3, -0.25) is 0 Å². The van der Waals surface area contributed by atoms with Crippen LogP contribution in [0.5, 0.6) is 0 Å². The van der Waals surface area contributed by atoms with E-state index in [9.17, 15) is 5.26 Å². The summed E-state index contributed by atoms with van der Waals surface area (Å²) in [5, 5.41) is 12.3. The standard InChI is InChI=1S/C20H17N3O/c1-15-7-9-17(10-8-15)14-22-20-18(13-21)23-19(24-20)12-11-16-5-3-2-4-6-16/h2-12,22H,14H2,1H3/b12-11+. The largest absolute Gasteiger partial charge is 0.420 e. The summed E-state index contributed by atoms with van der Waals surface area (Å²) >= 11 is 0. The van der Waals surface area contributed by atoms with E-state index in [1.165, 1.54) is 5.56 Å². The zero-order chi connectivity index (χ0) is 16.8. The molecule has 0 fully saturated rings. The van der Waals surface area contributed by atoms with Gasteiger partial charge in [0.15, 0.2) is 0 Å². The first-order valence-corrected chi connectivity index (χ1v) is 7.68. The predicted octanol–water partition coefficient (Wildman–Crippen LogP) is 4.64. The SMILES string of the molecule is Cc1ccc(CNc2oc(/C=C/c3ccccc3)nc2C#N)cc1. The van der Waals surface area contributed by atoms with Crippen molar-refractivity contribution in [1.29, 1.82) is 5.26 Å². The summed E-state index contributed by atoms with van der Waals surface area (Å²) in [4.78, 5) is 4.19. The molecular formula is C20H17N3O. The molecule has 4 nitrogen and oxygen atoms in total. The van der Waals surface area contributed by atoms with E-state index in [0.29, 0.717) is 18.3 Å². The maximum absolute atomic E-state index is 9.21. The molecule has 0 aliphatic carbocycles. The van der Waals surface area contributed by atoms with E-state index < -0.39 is 0 Å². The van der Waals surface area contributed by atoms with Crippen LogP contribution in [0.15, 0.2) is 59.0 Å². The number of nitrogens with one attached hydrogen (secondary N) is 1. The highest BCUT2D eigenvalue weighted by molar-refractivity contribution is 5.67. The van der Waals surface area contributed by atoms with Crippen molar-refractivity contribution >= 4 is 18.0 Å². The molecule has 0 atom stereocenters. The summed E-state index contributed by atoms with van der Waals surface area (Å²) in [6.45, 7) is 2.62. The summed E-state index contributed by atoms with van der Waals surface area (Å²) < 4.78 is 5.64. The van der Waals surface area contributed by atoms with Crippen LogP contribution in [-0.2, 0) is 6.54 Å². The number of aryl methyl sites for hydroxylation is 1. The van der Waals surface area contributed by atoms with Gasteiger partial charge in [-0.05, 0) is 24.1 Å². The zero-order valence-corrected chi connectivity index (χ0v) is 13.4. The van der Waals surface area contributed by atoms with Crippen LogP contribution in [0.2, 0.25) is 0 Å². The molecular weight excluding hydrogens is 298 g/mol. The first-order chi connectivity index (χ1) is 11.7. The Morgan fingerprint density at radius 3 is 2.54 bits per heavy atom. The van der Waals surface area contributed by atoms with Crippen LogP contribution in [0.1, 0.15) is 28.3 Å². The number of hydrogen-bond donors (Lipinski definition) is 1. The Kier molecular flexibility index (Phi) is 4.73. The number of rotatable bonds is 5. The maximum atomic E-state index is 9.21. The molecule has 0 aliphatic heterocycles. The Hall–Kier alpha value is -3.32. The molecule has 0 unspecified atom stereocenters. The summed E-state index contributed by atoms with van der Waals surface area (Å²) in [5.41, 5.74) is 3.63. The van der Waals surface area contributed by atoms with Crippen molar-refractivity contribution in [1.82, 2.24) is 4.98 Å². The van der Waals surface area contributed by atoms with E-state index in [2.05, 4.69) is 28.5 Å². The van der Waals surface area contributed by atoms with Gasteiger partial charge in [-0.2, -0.15) is 10.2 Å². The third-order valence-corrected chi connectivity index (χ3v) is 3.54. The van der Waals surface area contributed by atoms with E-state index in [4.69, 9.17) is 4.42 Å². The van der Waals surface area contributed by atoms with Gasteiger partial charge in [-0.25, -0.2) is 0 Å². The van der Waals surface area contributed by atoms with Gasteiger partial charge in [0.25, 0.3) is 0 Å². The van der Waals surface area contributed by atoms with Gasteiger partial charge in [0.1, 0.15) is 6.07 Å². The van der Waals surface area contributed by atoms with Gasteiger partial charge in [-0.1, -0.05) is 60.2 Å². The average Bonchev–Trinajstić information content (AvgIpc) is 3.03. The van der Waals surface area contributed by atoms with Gasteiger partial charge in [0.2, 0.25) is 17.5 Å². The molecule has 3 aromatic rings. The lowest BCUT2D eigenvalue weighted by Gasteiger charge is -2.03. The Morgan fingerprint density at radius 2 is 1.83 bits per heavy atom. The fraction of sp³-hybridized carbons (Fsp3) is 0.100. The lowest BCUT2D eigenvalue weighted by atomic mass is 10.1. The average molecular weight is 315 g/mol. The topological polar surface area (TPSA) is 61.9 Å². The van der Waals surface area contributed by atoms with Crippen molar-refractivity contribution < 1.29 is 4.42 Å². The van der Waals surface area contributed by atoms with E-state index in [1.807, 2.05) is 55.5 Å². The molecule has 0 aliphatic rings. The molecule has 1 aromatic heterocycles.